The maximum Gasteiger partial charge on any atom is 0.247 e. The summed E-state index contributed by atoms with van der Waals surface area (Å²) in [7, 11) is 2.02. The molecular formula is C16H22N4O. The zero-order valence-corrected chi connectivity index (χ0v) is 12.5. The molecule has 21 heavy (non-hydrogen) atoms. The first-order chi connectivity index (χ1) is 10.3. The molecule has 0 saturated carbocycles. The molecule has 0 radical (unpaired) electrons. The van der Waals surface area contributed by atoms with Crippen molar-refractivity contribution in [2.75, 3.05) is 26.7 Å². The summed E-state index contributed by atoms with van der Waals surface area (Å²) in [5.74, 6) is 2.04. The summed E-state index contributed by atoms with van der Waals surface area (Å²) in [4.78, 5) is 2.41. The molecule has 1 saturated heterocycles. The van der Waals surface area contributed by atoms with E-state index in [1.54, 1.807) is 0 Å². The van der Waals surface area contributed by atoms with Gasteiger partial charge in [0.15, 0.2) is 0 Å². The van der Waals surface area contributed by atoms with Gasteiger partial charge in [-0.3, -0.25) is 4.90 Å². The summed E-state index contributed by atoms with van der Waals surface area (Å²) in [6.45, 7) is 4.04. The van der Waals surface area contributed by atoms with Crippen LogP contribution < -0.4 is 5.32 Å². The lowest BCUT2D eigenvalue weighted by Crippen LogP contribution is -2.38. The fraction of sp³-hybridized carbons (Fsp3) is 0.500. The highest BCUT2D eigenvalue weighted by molar-refractivity contribution is 5.51. The van der Waals surface area contributed by atoms with Gasteiger partial charge in [-0.05, 0) is 51.0 Å². The molecule has 1 fully saturated rings. The van der Waals surface area contributed by atoms with E-state index in [-0.39, 0.29) is 0 Å². The molecule has 0 bridgehead atoms. The maximum absolute atomic E-state index is 5.79. The Kier molecular flexibility index (Phi) is 4.62. The van der Waals surface area contributed by atoms with E-state index in [4.69, 9.17) is 4.42 Å². The number of benzene rings is 1. The molecule has 3 rings (SSSR count). The molecule has 5 heteroatoms. The number of nitrogens with zero attached hydrogens (tertiary/aromatic N) is 3. The van der Waals surface area contributed by atoms with Crippen molar-refractivity contribution in [2.45, 2.75) is 19.4 Å². The first-order valence-electron chi connectivity index (χ1n) is 7.60. The lowest BCUT2D eigenvalue weighted by Gasteiger charge is -2.31. The van der Waals surface area contributed by atoms with Crippen LogP contribution in [0.4, 0.5) is 0 Å². The topological polar surface area (TPSA) is 54.2 Å². The molecule has 1 aromatic heterocycles. The van der Waals surface area contributed by atoms with Gasteiger partial charge in [0.2, 0.25) is 11.8 Å². The Hall–Kier alpha value is -1.72. The SMILES string of the molecule is CNCC1CCCN(Cc2nnc(-c3ccccc3)o2)C1. The van der Waals surface area contributed by atoms with Crippen LogP contribution >= 0.6 is 0 Å². The third-order valence-corrected chi connectivity index (χ3v) is 3.94. The van der Waals surface area contributed by atoms with Crippen LogP contribution in [-0.4, -0.2) is 41.8 Å². The van der Waals surface area contributed by atoms with Crippen LogP contribution in [0.3, 0.4) is 0 Å². The number of hydrogen-bond donors (Lipinski definition) is 1. The minimum absolute atomic E-state index is 0.606. The fourth-order valence-electron chi connectivity index (χ4n) is 2.96. The van der Waals surface area contributed by atoms with E-state index in [2.05, 4.69) is 20.4 Å². The standard InChI is InChI=1S/C16H22N4O/c1-17-10-13-6-5-9-20(11-13)12-15-18-19-16(21-15)14-7-3-2-4-8-14/h2-4,7-8,13,17H,5-6,9-12H2,1H3. The second-order valence-corrected chi connectivity index (χ2v) is 5.67. The van der Waals surface area contributed by atoms with Crippen LogP contribution in [0.15, 0.2) is 34.7 Å². The van der Waals surface area contributed by atoms with Gasteiger partial charge in [-0.15, -0.1) is 10.2 Å². The minimum Gasteiger partial charge on any atom is -0.419 e. The van der Waals surface area contributed by atoms with Gasteiger partial charge in [-0.25, -0.2) is 0 Å². The number of rotatable bonds is 5. The normalized spacial score (nSPS) is 19.8. The molecule has 1 unspecified atom stereocenters. The molecule has 112 valence electrons. The van der Waals surface area contributed by atoms with Crippen molar-refractivity contribution in [1.82, 2.24) is 20.4 Å². The van der Waals surface area contributed by atoms with Crippen LogP contribution in [0, 0.1) is 5.92 Å². The van der Waals surface area contributed by atoms with E-state index in [9.17, 15) is 0 Å². The highest BCUT2D eigenvalue weighted by Crippen LogP contribution is 2.20. The number of hydrogen-bond acceptors (Lipinski definition) is 5. The quantitative estimate of drug-likeness (QED) is 0.913. The van der Waals surface area contributed by atoms with E-state index in [0.717, 1.165) is 37.7 Å². The summed E-state index contributed by atoms with van der Waals surface area (Å²) in [6.07, 6.45) is 2.54. The predicted octanol–water partition coefficient (Wildman–Crippen LogP) is 2.17. The van der Waals surface area contributed by atoms with Gasteiger partial charge in [-0.1, -0.05) is 18.2 Å². The van der Waals surface area contributed by atoms with Crippen molar-refractivity contribution in [3.63, 3.8) is 0 Å². The van der Waals surface area contributed by atoms with E-state index in [1.165, 1.54) is 12.8 Å². The van der Waals surface area contributed by atoms with Crippen LogP contribution in [0.5, 0.6) is 0 Å². The molecule has 1 aliphatic rings. The molecule has 0 spiro atoms. The molecule has 0 amide bonds. The summed E-state index contributed by atoms with van der Waals surface area (Å²) < 4.78 is 5.79. The number of piperidine rings is 1. The van der Waals surface area contributed by atoms with Crippen LogP contribution in [0.1, 0.15) is 18.7 Å². The lowest BCUT2D eigenvalue weighted by atomic mass is 9.98. The molecule has 2 aromatic rings. The second kappa shape index (κ2) is 6.83. The van der Waals surface area contributed by atoms with Gasteiger partial charge in [0.25, 0.3) is 0 Å². The van der Waals surface area contributed by atoms with Gasteiger partial charge in [-0.2, -0.15) is 0 Å². The second-order valence-electron chi connectivity index (χ2n) is 5.67. The largest absolute Gasteiger partial charge is 0.419 e. The number of likely N-dealkylation sites (tertiary alicyclic amines) is 1. The van der Waals surface area contributed by atoms with Crippen molar-refractivity contribution in [3.8, 4) is 11.5 Å². The van der Waals surface area contributed by atoms with Crippen molar-refractivity contribution in [3.05, 3.63) is 36.2 Å². The van der Waals surface area contributed by atoms with Crippen LogP contribution in [0.2, 0.25) is 0 Å². The summed E-state index contributed by atoms with van der Waals surface area (Å²) >= 11 is 0. The fourth-order valence-corrected chi connectivity index (χ4v) is 2.96. The summed E-state index contributed by atoms with van der Waals surface area (Å²) in [6, 6.07) is 9.91. The van der Waals surface area contributed by atoms with Crippen molar-refractivity contribution < 1.29 is 4.42 Å². The Morgan fingerprint density at radius 2 is 2.14 bits per heavy atom. The summed E-state index contributed by atoms with van der Waals surface area (Å²) in [5, 5.41) is 11.6. The van der Waals surface area contributed by atoms with Crippen molar-refractivity contribution >= 4 is 0 Å². The van der Waals surface area contributed by atoms with Crippen molar-refractivity contribution in [1.29, 1.82) is 0 Å². The van der Waals surface area contributed by atoms with Gasteiger partial charge in [0.05, 0.1) is 6.54 Å². The first kappa shape index (κ1) is 14.2. The third-order valence-electron chi connectivity index (χ3n) is 3.94. The summed E-state index contributed by atoms with van der Waals surface area (Å²) in [5.41, 5.74) is 0.975. The van der Waals surface area contributed by atoms with E-state index in [1.807, 2.05) is 37.4 Å². The Bertz CT molecular complexity index is 552. The first-order valence-corrected chi connectivity index (χ1v) is 7.60. The Morgan fingerprint density at radius 1 is 1.29 bits per heavy atom. The Labute approximate surface area is 125 Å². The van der Waals surface area contributed by atoms with E-state index < -0.39 is 0 Å². The minimum atomic E-state index is 0.606. The number of nitrogens with one attached hydrogen (secondary N) is 1. The average molecular weight is 286 g/mol. The molecule has 1 N–H and O–H groups in total. The Balaban J connectivity index is 1.62. The van der Waals surface area contributed by atoms with E-state index in [0.29, 0.717) is 11.8 Å². The lowest BCUT2D eigenvalue weighted by molar-refractivity contribution is 0.154. The number of aromatic nitrogens is 2. The molecule has 5 nitrogen and oxygen atoms in total. The smallest absolute Gasteiger partial charge is 0.247 e. The van der Waals surface area contributed by atoms with Gasteiger partial charge in [0.1, 0.15) is 0 Å². The molecule has 1 aromatic carbocycles. The van der Waals surface area contributed by atoms with Gasteiger partial charge < -0.3 is 9.73 Å². The van der Waals surface area contributed by atoms with Crippen molar-refractivity contribution in [2.24, 2.45) is 5.92 Å². The highest BCUT2D eigenvalue weighted by atomic mass is 16.4. The zero-order chi connectivity index (χ0) is 14.5. The molecular weight excluding hydrogens is 264 g/mol. The highest BCUT2D eigenvalue weighted by Gasteiger charge is 2.21. The van der Waals surface area contributed by atoms with Gasteiger partial charge >= 0.3 is 0 Å². The van der Waals surface area contributed by atoms with Crippen LogP contribution in [-0.2, 0) is 6.54 Å². The van der Waals surface area contributed by atoms with E-state index >= 15 is 0 Å². The Morgan fingerprint density at radius 3 is 2.95 bits per heavy atom. The van der Waals surface area contributed by atoms with Gasteiger partial charge in [0, 0.05) is 12.1 Å². The third kappa shape index (κ3) is 3.68. The van der Waals surface area contributed by atoms with Crippen LogP contribution in [0.25, 0.3) is 11.5 Å². The maximum atomic E-state index is 5.79. The molecule has 1 atom stereocenters. The predicted molar refractivity (Wildman–Crippen MR) is 81.7 cm³/mol. The monoisotopic (exact) mass is 286 g/mol. The molecule has 1 aliphatic heterocycles. The molecule has 2 heterocycles. The average Bonchev–Trinajstić information content (AvgIpc) is 2.97. The zero-order valence-electron chi connectivity index (χ0n) is 12.5. The molecule has 0 aliphatic carbocycles.